The smallest absolute Gasteiger partial charge is 0.0719 e. The molecule has 0 aliphatic carbocycles. The summed E-state index contributed by atoms with van der Waals surface area (Å²) >= 11 is 0. The molecule has 2 radical (unpaired) electrons. The third-order valence-corrected chi connectivity index (χ3v) is 0. The predicted molar refractivity (Wildman–Crippen MR) is 24.3 cm³/mol. The summed E-state index contributed by atoms with van der Waals surface area (Å²) in [5.74, 6) is 0. The standard InChI is InChI=1S/C2H4O.2Na/c1-2-3;;/h2-3H,1H2;;. The van der Waals surface area contributed by atoms with Gasteiger partial charge in [-0.2, -0.15) is 0 Å². The first kappa shape index (κ1) is 16.0. The van der Waals surface area contributed by atoms with Gasteiger partial charge in [0.2, 0.25) is 0 Å². The Morgan fingerprint density at radius 3 is 1.40 bits per heavy atom. The van der Waals surface area contributed by atoms with Crippen molar-refractivity contribution < 1.29 is 5.11 Å². The summed E-state index contributed by atoms with van der Waals surface area (Å²) in [6.45, 7) is 2.92. The average Bonchev–Trinajstić information content (AvgIpc) is 0.918. The molecular weight excluding hydrogens is 86.0 g/mol. The second-order valence-electron chi connectivity index (χ2n) is 0.183. The molecule has 0 amide bonds. The Labute approximate surface area is 76.0 Å². The minimum Gasteiger partial charge on any atom is -0.516 e. The molecule has 0 unspecified atom stereocenters. The molecular formula is C2H4Na2O. The van der Waals surface area contributed by atoms with Crippen molar-refractivity contribution >= 4 is 59.1 Å². The summed E-state index contributed by atoms with van der Waals surface area (Å²) in [6.07, 6.45) is 0.750. The van der Waals surface area contributed by atoms with Crippen LogP contribution in [0.25, 0.3) is 0 Å². The van der Waals surface area contributed by atoms with Gasteiger partial charge in [-0.15, -0.1) is 0 Å². The average molecular weight is 90.0 g/mol. The first-order chi connectivity index (χ1) is 1.41. The van der Waals surface area contributed by atoms with Gasteiger partial charge in [-0.05, 0) is 0 Å². The topological polar surface area (TPSA) is 20.2 Å². The van der Waals surface area contributed by atoms with Gasteiger partial charge < -0.3 is 5.11 Å². The normalized spacial score (nSPS) is 2.40. The van der Waals surface area contributed by atoms with E-state index in [2.05, 4.69) is 6.58 Å². The Bertz CT molecular complexity index is 15.1. The van der Waals surface area contributed by atoms with Crippen molar-refractivity contribution in [3.63, 3.8) is 0 Å². The molecule has 1 nitrogen and oxygen atoms in total. The summed E-state index contributed by atoms with van der Waals surface area (Å²) in [7, 11) is 0. The van der Waals surface area contributed by atoms with Crippen LogP contribution >= 0.6 is 0 Å². The second-order valence-corrected chi connectivity index (χ2v) is 0.183. The molecule has 0 aromatic heterocycles. The van der Waals surface area contributed by atoms with Gasteiger partial charge in [0.05, 0.1) is 6.26 Å². The zero-order valence-corrected chi connectivity index (χ0v) is 7.73. The number of rotatable bonds is 0. The van der Waals surface area contributed by atoms with E-state index in [1.54, 1.807) is 0 Å². The Kier molecular flexibility index (Phi) is 56.7. The third kappa shape index (κ3) is 29.3. The maximum Gasteiger partial charge on any atom is 0.0719 e. The Balaban J connectivity index is -0.0000000200. The summed E-state index contributed by atoms with van der Waals surface area (Å²) in [6, 6.07) is 0. The number of aliphatic hydroxyl groups excluding tert-OH is 1. The Morgan fingerprint density at radius 1 is 1.40 bits per heavy atom. The van der Waals surface area contributed by atoms with Crippen LogP contribution in [-0.2, 0) is 0 Å². The fourth-order valence-electron chi connectivity index (χ4n) is 0. The largest absolute Gasteiger partial charge is 0.516 e. The molecule has 0 aromatic rings. The molecule has 0 aliphatic rings. The van der Waals surface area contributed by atoms with Crippen LogP contribution in [0.5, 0.6) is 0 Å². The van der Waals surface area contributed by atoms with E-state index in [1.165, 1.54) is 0 Å². The molecule has 0 saturated carbocycles. The van der Waals surface area contributed by atoms with E-state index in [9.17, 15) is 0 Å². The molecule has 0 rings (SSSR count). The molecule has 1 N–H and O–H groups in total. The summed E-state index contributed by atoms with van der Waals surface area (Å²) < 4.78 is 0. The summed E-state index contributed by atoms with van der Waals surface area (Å²) in [5.41, 5.74) is 0. The number of hydrogen-bond donors (Lipinski definition) is 1. The molecule has 0 aliphatic heterocycles. The van der Waals surface area contributed by atoms with Crippen LogP contribution in [0.2, 0.25) is 0 Å². The molecule has 20 valence electrons. The van der Waals surface area contributed by atoms with E-state index < -0.39 is 0 Å². The molecule has 0 atom stereocenters. The van der Waals surface area contributed by atoms with Crippen molar-refractivity contribution in [3.8, 4) is 0 Å². The minimum absolute atomic E-state index is 0. The van der Waals surface area contributed by atoms with Gasteiger partial charge in [-0.1, -0.05) is 6.58 Å². The summed E-state index contributed by atoms with van der Waals surface area (Å²) in [5, 5.41) is 7.33. The van der Waals surface area contributed by atoms with Crippen LogP contribution < -0.4 is 0 Å². The molecule has 0 heterocycles. The summed E-state index contributed by atoms with van der Waals surface area (Å²) in [4.78, 5) is 0. The van der Waals surface area contributed by atoms with Crippen LogP contribution in [0, 0.1) is 0 Å². The molecule has 0 fully saturated rings. The quantitative estimate of drug-likeness (QED) is 0.326. The van der Waals surface area contributed by atoms with E-state index in [-0.39, 0.29) is 59.1 Å². The van der Waals surface area contributed by atoms with E-state index in [0.717, 1.165) is 6.26 Å². The van der Waals surface area contributed by atoms with Gasteiger partial charge in [-0.3, -0.25) is 0 Å². The third-order valence-electron chi connectivity index (χ3n) is 0. The van der Waals surface area contributed by atoms with Gasteiger partial charge in [0.25, 0.3) is 0 Å². The Morgan fingerprint density at radius 2 is 1.40 bits per heavy atom. The van der Waals surface area contributed by atoms with Crippen molar-refractivity contribution in [1.82, 2.24) is 0 Å². The SMILES string of the molecule is C=CO.[Na].[Na]. The van der Waals surface area contributed by atoms with Crippen LogP contribution in [0.1, 0.15) is 0 Å². The monoisotopic (exact) mass is 90.0 g/mol. The first-order valence-corrected chi connectivity index (χ1v) is 0.666. The minimum atomic E-state index is 0. The van der Waals surface area contributed by atoms with Crippen molar-refractivity contribution in [2.24, 2.45) is 0 Å². The van der Waals surface area contributed by atoms with E-state index in [0.29, 0.717) is 0 Å². The molecule has 0 spiro atoms. The van der Waals surface area contributed by atoms with Gasteiger partial charge in [0, 0.05) is 59.1 Å². The van der Waals surface area contributed by atoms with E-state index in [1.807, 2.05) is 0 Å². The molecule has 3 heteroatoms. The second kappa shape index (κ2) is 17.7. The zero-order valence-electron chi connectivity index (χ0n) is 3.73. The fraction of sp³-hybridized carbons (Fsp3) is 0. The number of aliphatic hydroxyl groups is 1. The fourth-order valence-corrected chi connectivity index (χ4v) is 0. The van der Waals surface area contributed by atoms with Gasteiger partial charge in [0.1, 0.15) is 0 Å². The van der Waals surface area contributed by atoms with Gasteiger partial charge in [-0.25, -0.2) is 0 Å². The van der Waals surface area contributed by atoms with Crippen molar-refractivity contribution in [2.75, 3.05) is 0 Å². The van der Waals surface area contributed by atoms with Crippen LogP contribution in [0.3, 0.4) is 0 Å². The van der Waals surface area contributed by atoms with Crippen molar-refractivity contribution in [3.05, 3.63) is 12.8 Å². The van der Waals surface area contributed by atoms with Gasteiger partial charge in [0.15, 0.2) is 0 Å². The van der Waals surface area contributed by atoms with Crippen LogP contribution in [0.15, 0.2) is 12.8 Å². The van der Waals surface area contributed by atoms with E-state index >= 15 is 0 Å². The van der Waals surface area contributed by atoms with Gasteiger partial charge >= 0.3 is 0 Å². The van der Waals surface area contributed by atoms with Crippen molar-refractivity contribution in [2.45, 2.75) is 0 Å². The zero-order chi connectivity index (χ0) is 2.71. The molecule has 0 aromatic carbocycles. The maximum absolute atomic E-state index is 7.33. The Hall–Kier alpha value is 1.54. The first-order valence-electron chi connectivity index (χ1n) is 0.666. The van der Waals surface area contributed by atoms with Crippen LogP contribution in [-0.4, -0.2) is 64.2 Å². The maximum atomic E-state index is 7.33. The molecule has 5 heavy (non-hydrogen) atoms. The van der Waals surface area contributed by atoms with Crippen LogP contribution in [0.4, 0.5) is 0 Å². The molecule has 0 saturated heterocycles. The van der Waals surface area contributed by atoms with Crippen molar-refractivity contribution in [1.29, 1.82) is 0 Å². The van der Waals surface area contributed by atoms with E-state index in [4.69, 9.17) is 5.11 Å². The predicted octanol–water partition coefficient (Wildman–Crippen LogP) is -0.0737. The number of hydrogen-bond acceptors (Lipinski definition) is 1. The molecule has 0 bridgehead atoms.